The summed E-state index contributed by atoms with van der Waals surface area (Å²) in [5.41, 5.74) is 1.08. The molecule has 16 heavy (non-hydrogen) atoms. The largest absolute Gasteiger partial charge is 0.258 e. The van der Waals surface area contributed by atoms with Crippen molar-refractivity contribution < 1.29 is 0 Å². The van der Waals surface area contributed by atoms with Crippen molar-refractivity contribution in [3.63, 3.8) is 0 Å². The van der Waals surface area contributed by atoms with Crippen LogP contribution in [0.2, 0.25) is 0 Å². The Morgan fingerprint density at radius 2 is 2.00 bits per heavy atom. The van der Waals surface area contributed by atoms with Gasteiger partial charge in [-0.1, -0.05) is 55.9 Å². The van der Waals surface area contributed by atoms with Crippen molar-refractivity contribution in [2.24, 2.45) is 5.92 Å². The minimum atomic E-state index is 0.656. The third-order valence-electron chi connectivity index (χ3n) is 2.06. The number of aromatic nitrogens is 3. The first-order valence-electron chi connectivity index (χ1n) is 5.36. The molecule has 0 radical (unpaired) electrons. The Kier molecular flexibility index (Phi) is 3.62. The molecule has 84 valence electrons. The van der Waals surface area contributed by atoms with E-state index in [1.807, 2.05) is 30.3 Å². The lowest BCUT2D eigenvalue weighted by molar-refractivity contribution is 0.748. The topological polar surface area (TPSA) is 41.6 Å². The van der Waals surface area contributed by atoms with Gasteiger partial charge in [-0.05, 0) is 5.92 Å². The normalized spacial score (nSPS) is 10.9. The molecule has 0 bridgehead atoms. The van der Waals surface area contributed by atoms with Gasteiger partial charge in [0.05, 0.1) is 0 Å². The Morgan fingerprint density at radius 1 is 1.25 bits per heavy atom. The van der Waals surface area contributed by atoms with Gasteiger partial charge in [0.2, 0.25) is 5.16 Å². The molecule has 0 spiro atoms. The minimum Gasteiger partial charge on any atom is -0.258 e. The number of thioether (sulfide) groups is 1. The number of aromatic amines is 1. The van der Waals surface area contributed by atoms with Crippen molar-refractivity contribution in [2.75, 3.05) is 5.75 Å². The average Bonchev–Trinajstić information content (AvgIpc) is 2.76. The standard InChI is InChI=1S/C12H15N3S/c1-9(2)8-16-12-13-11(14-15-12)10-6-4-3-5-7-10/h3-7,9H,8H2,1-2H3,(H,13,14,15). The highest BCUT2D eigenvalue weighted by Crippen LogP contribution is 2.20. The third kappa shape index (κ3) is 2.85. The quantitative estimate of drug-likeness (QED) is 0.824. The van der Waals surface area contributed by atoms with Gasteiger partial charge in [0.1, 0.15) is 0 Å². The van der Waals surface area contributed by atoms with E-state index in [1.165, 1.54) is 0 Å². The first kappa shape index (κ1) is 11.2. The summed E-state index contributed by atoms with van der Waals surface area (Å²) in [7, 11) is 0. The van der Waals surface area contributed by atoms with Gasteiger partial charge in [-0.2, -0.15) is 0 Å². The minimum absolute atomic E-state index is 0.656. The van der Waals surface area contributed by atoms with Crippen LogP contribution in [0, 0.1) is 5.92 Å². The molecular weight excluding hydrogens is 218 g/mol. The molecule has 1 aromatic heterocycles. The van der Waals surface area contributed by atoms with E-state index in [9.17, 15) is 0 Å². The van der Waals surface area contributed by atoms with Crippen LogP contribution in [0.1, 0.15) is 13.8 Å². The Balaban J connectivity index is 2.08. The molecular formula is C12H15N3S. The van der Waals surface area contributed by atoms with E-state index in [2.05, 4.69) is 29.0 Å². The Bertz CT molecular complexity index is 437. The Morgan fingerprint density at radius 3 is 2.69 bits per heavy atom. The molecule has 0 saturated heterocycles. The van der Waals surface area contributed by atoms with Gasteiger partial charge < -0.3 is 0 Å². The molecule has 2 rings (SSSR count). The summed E-state index contributed by atoms with van der Waals surface area (Å²) in [5.74, 6) is 2.54. The molecule has 0 aliphatic carbocycles. The number of H-pyrrole nitrogens is 1. The summed E-state index contributed by atoms with van der Waals surface area (Å²) in [6, 6.07) is 10.0. The Hall–Kier alpha value is -1.29. The van der Waals surface area contributed by atoms with Crippen molar-refractivity contribution in [2.45, 2.75) is 19.0 Å². The van der Waals surface area contributed by atoms with Crippen LogP contribution in [0.25, 0.3) is 11.4 Å². The first-order valence-corrected chi connectivity index (χ1v) is 6.35. The fraction of sp³-hybridized carbons (Fsp3) is 0.333. The predicted molar refractivity (Wildman–Crippen MR) is 67.4 cm³/mol. The van der Waals surface area contributed by atoms with Crippen molar-refractivity contribution >= 4 is 11.8 Å². The monoisotopic (exact) mass is 233 g/mol. The molecule has 0 fully saturated rings. The maximum Gasteiger partial charge on any atom is 0.208 e. The first-order chi connectivity index (χ1) is 7.75. The van der Waals surface area contributed by atoms with Crippen molar-refractivity contribution in [3.8, 4) is 11.4 Å². The molecule has 2 aromatic rings. The van der Waals surface area contributed by atoms with Crippen LogP contribution in [-0.4, -0.2) is 20.9 Å². The van der Waals surface area contributed by atoms with Gasteiger partial charge in [0.25, 0.3) is 0 Å². The van der Waals surface area contributed by atoms with E-state index < -0.39 is 0 Å². The number of hydrogen-bond acceptors (Lipinski definition) is 3. The van der Waals surface area contributed by atoms with E-state index >= 15 is 0 Å². The van der Waals surface area contributed by atoms with E-state index in [1.54, 1.807) is 11.8 Å². The van der Waals surface area contributed by atoms with Gasteiger partial charge in [-0.15, -0.1) is 5.10 Å². The molecule has 0 amide bonds. The van der Waals surface area contributed by atoms with Crippen LogP contribution in [0.3, 0.4) is 0 Å². The number of nitrogens with one attached hydrogen (secondary N) is 1. The molecule has 0 aliphatic heterocycles. The van der Waals surface area contributed by atoms with E-state index in [0.717, 1.165) is 22.3 Å². The summed E-state index contributed by atoms with van der Waals surface area (Å²) in [6.07, 6.45) is 0. The smallest absolute Gasteiger partial charge is 0.208 e. The van der Waals surface area contributed by atoms with Gasteiger partial charge in [0, 0.05) is 11.3 Å². The van der Waals surface area contributed by atoms with Crippen molar-refractivity contribution in [1.82, 2.24) is 15.2 Å². The van der Waals surface area contributed by atoms with Crippen LogP contribution in [0.4, 0.5) is 0 Å². The second-order valence-electron chi connectivity index (χ2n) is 4.04. The zero-order valence-corrected chi connectivity index (χ0v) is 10.3. The maximum atomic E-state index is 4.45. The van der Waals surface area contributed by atoms with Crippen molar-refractivity contribution in [1.29, 1.82) is 0 Å². The summed E-state index contributed by atoms with van der Waals surface area (Å²) >= 11 is 1.69. The molecule has 1 N–H and O–H groups in total. The van der Waals surface area contributed by atoms with Crippen LogP contribution >= 0.6 is 11.8 Å². The second-order valence-corrected chi connectivity index (χ2v) is 5.02. The highest BCUT2D eigenvalue weighted by atomic mass is 32.2. The highest BCUT2D eigenvalue weighted by Gasteiger charge is 2.06. The zero-order valence-electron chi connectivity index (χ0n) is 9.47. The van der Waals surface area contributed by atoms with Crippen LogP contribution in [-0.2, 0) is 0 Å². The van der Waals surface area contributed by atoms with E-state index in [-0.39, 0.29) is 0 Å². The molecule has 4 heteroatoms. The lowest BCUT2D eigenvalue weighted by Crippen LogP contribution is -1.90. The zero-order chi connectivity index (χ0) is 11.4. The van der Waals surface area contributed by atoms with Gasteiger partial charge in [-0.25, -0.2) is 4.98 Å². The molecule has 0 unspecified atom stereocenters. The summed E-state index contributed by atoms with van der Waals surface area (Å²) < 4.78 is 0. The lowest BCUT2D eigenvalue weighted by atomic mass is 10.2. The van der Waals surface area contributed by atoms with Gasteiger partial charge >= 0.3 is 0 Å². The average molecular weight is 233 g/mol. The predicted octanol–water partition coefficient (Wildman–Crippen LogP) is 3.22. The Labute approximate surface area is 99.7 Å². The molecule has 1 aromatic carbocycles. The summed E-state index contributed by atoms with van der Waals surface area (Å²) in [6.45, 7) is 4.38. The van der Waals surface area contributed by atoms with E-state index in [0.29, 0.717) is 5.92 Å². The third-order valence-corrected chi connectivity index (χ3v) is 3.33. The molecule has 3 nitrogen and oxygen atoms in total. The van der Waals surface area contributed by atoms with Crippen LogP contribution in [0.15, 0.2) is 35.5 Å². The van der Waals surface area contributed by atoms with Crippen LogP contribution < -0.4 is 0 Å². The number of rotatable bonds is 4. The molecule has 0 saturated carbocycles. The fourth-order valence-corrected chi connectivity index (χ4v) is 2.03. The van der Waals surface area contributed by atoms with Crippen molar-refractivity contribution in [3.05, 3.63) is 30.3 Å². The summed E-state index contributed by atoms with van der Waals surface area (Å²) in [5, 5.41) is 7.98. The SMILES string of the molecule is CC(C)CSc1n[nH]c(-c2ccccc2)n1. The fourth-order valence-electron chi connectivity index (χ4n) is 1.28. The lowest BCUT2D eigenvalue weighted by Gasteiger charge is -1.98. The maximum absolute atomic E-state index is 4.45. The van der Waals surface area contributed by atoms with E-state index in [4.69, 9.17) is 0 Å². The highest BCUT2D eigenvalue weighted by molar-refractivity contribution is 7.99. The number of hydrogen-bond donors (Lipinski definition) is 1. The van der Waals surface area contributed by atoms with Crippen LogP contribution in [0.5, 0.6) is 0 Å². The van der Waals surface area contributed by atoms with Gasteiger partial charge in [-0.3, -0.25) is 5.10 Å². The molecule has 0 atom stereocenters. The molecule has 1 heterocycles. The molecule has 0 aliphatic rings. The second kappa shape index (κ2) is 5.16. The number of nitrogens with zero attached hydrogens (tertiary/aromatic N) is 2. The summed E-state index contributed by atoms with van der Waals surface area (Å²) in [4.78, 5) is 4.45. The number of benzene rings is 1. The van der Waals surface area contributed by atoms with Gasteiger partial charge in [0.15, 0.2) is 5.82 Å².